The van der Waals surface area contributed by atoms with Gasteiger partial charge in [0.05, 0.1) is 36.6 Å². The van der Waals surface area contributed by atoms with Gasteiger partial charge in [-0.25, -0.2) is 14.3 Å². The topological polar surface area (TPSA) is 143 Å². The molecule has 1 atom stereocenters. The molecular weight excluding hydrogens is 526 g/mol. The van der Waals surface area contributed by atoms with Gasteiger partial charge in [0.2, 0.25) is 5.91 Å². The van der Waals surface area contributed by atoms with Crippen molar-refractivity contribution >= 4 is 23.3 Å². The van der Waals surface area contributed by atoms with Gasteiger partial charge in [-0.1, -0.05) is 6.58 Å². The van der Waals surface area contributed by atoms with Crippen LogP contribution in [0.15, 0.2) is 48.9 Å². The summed E-state index contributed by atoms with van der Waals surface area (Å²) in [6, 6.07) is 7.74. The van der Waals surface area contributed by atoms with Gasteiger partial charge < -0.3 is 29.7 Å². The lowest BCUT2D eigenvalue weighted by atomic mass is 10.1. The van der Waals surface area contributed by atoms with Crippen LogP contribution in [0.4, 0.5) is 10.6 Å². The summed E-state index contributed by atoms with van der Waals surface area (Å²) in [6.07, 6.45) is 4.20. The first kappa shape index (κ1) is 29.4. The molecule has 41 heavy (non-hydrogen) atoms. The molecular formula is C29H35N7O5. The normalized spacial score (nSPS) is 15.2. The SMILES string of the molecule is C=C(C)C(=O)NCCNc1ccc(-c2cc(OC[C@@H]3CN(C(=O)OC(C)(C)C)CCO3)cn3ncc(C#N)c23)cn1. The van der Waals surface area contributed by atoms with Crippen LogP contribution < -0.4 is 15.4 Å². The number of amides is 2. The van der Waals surface area contributed by atoms with E-state index >= 15 is 0 Å². The molecule has 0 radical (unpaired) electrons. The number of morpholine rings is 1. The number of fused-ring (bicyclic) bond motifs is 1. The number of ether oxygens (including phenoxy) is 3. The van der Waals surface area contributed by atoms with E-state index in [1.165, 1.54) is 6.20 Å². The van der Waals surface area contributed by atoms with Crippen molar-refractivity contribution in [2.45, 2.75) is 39.4 Å². The second-order valence-corrected chi connectivity index (χ2v) is 10.7. The van der Waals surface area contributed by atoms with Crippen molar-refractivity contribution < 1.29 is 23.8 Å². The maximum absolute atomic E-state index is 12.5. The summed E-state index contributed by atoms with van der Waals surface area (Å²) in [4.78, 5) is 30.2. The maximum atomic E-state index is 12.5. The first-order valence-electron chi connectivity index (χ1n) is 13.3. The number of hydrogen-bond donors (Lipinski definition) is 2. The lowest BCUT2D eigenvalue weighted by Gasteiger charge is -2.34. The third-order valence-corrected chi connectivity index (χ3v) is 6.11. The monoisotopic (exact) mass is 561 g/mol. The highest BCUT2D eigenvalue weighted by Crippen LogP contribution is 2.31. The third kappa shape index (κ3) is 7.73. The number of carbonyl (C=O) groups excluding carboxylic acids is 2. The highest BCUT2D eigenvalue weighted by atomic mass is 16.6. The van der Waals surface area contributed by atoms with Gasteiger partial charge in [0.1, 0.15) is 35.9 Å². The zero-order valence-corrected chi connectivity index (χ0v) is 23.8. The number of hydrogen-bond acceptors (Lipinski definition) is 9. The smallest absolute Gasteiger partial charge is 0.410 e. The average Bonchev–Trinajstić information content (AvgIpc) is 3.36. The summed E-state index contributed by atoms with van der Waals surface area (Å²) < 4.78 is 19.0. The average molecular weight is 562 g/mol. The van der Waals surface area contributed by atoms with Gasteiger partial charge in [-0.2, -0.15) is 10.4 Å². The van der Waals surface area contributed by atoms with Crippen LogP contribution in [0.5, 0.6) is 5.75 Å². The zero-order valence-electron chi connectivity index (χ0n) is 23.8. The molecule has 2 amide bonds. The quantitative estimate of drug-likeness (QED) is 0.297. The van der Waals surface area contributed by atoms with E-state index in [1.807, 2.05) is 39.0 Å². The van der Waals surface area contributed by atoms with E-state index in [9.17, 15) is 14.9 Å². The van der Waals surface area contributed by atoms with Crippen LogP contribution in [0, 0.1) is 11.3 Å². The van der Waals surface area contributed by atoms with Gasteiger partial charge in [0.25, 0.3) is 0 Å². The minimum atomic E-state index is -0.579. The van der Waals surface area contributed by atoms with Gasteiger partial charge in [0, 0.05) is 42.5 Å². The highest BCUT2D eigenvalue weighted by Gasteiger charge is 2.28. The van der Waals surface area contributed by atoms with Crippen LogP contribution in [0.2, 0.25) is 0 Å². The first-order chi connectivity index (χ1) is 19.5. The Bertz CT molecular complexity index is 1450. The number of nitriles is 1. The Morgan fingerprint density at radius 3 is 2.76 bits per heavy atom. The maximum Gasteiger partial charge on any atom is 0.410 e. The van der Waals surface area contributed by atoms with Gasteiger partial charge in [-0.3, -0.25) is 4.79 Å². The third-order valence-electron chi connectivity index (χ3n) is 6.11. The molecule has 1 aliphatic heterocycles. The lowest BCUT2D eigenvalue weighted by molar-refractivity contribution is -0.117. The van der Waals surface area contributed by atoms with Gasteiger partial charge in [0.15, 0.2) is 0 Å². The summed E-state index contributed by atoms with van der Waals surface area (Å²) >= 11 is 0. The number of carbonyl (C=O) groups is 2. The number of pyridine rings is 2. The van der Waals surface area contributed by atoms with Crippen molar-refractivity contribution in [2.24, 2.45) is 0 Å². The fraction of sp³-hybridized carbons (Fsp3) is 0.414. The summed E-state index contributed by atoms with van der Waals surface area (Å²) in [6.45, 7) is 13.1. The Labute approximate surface area is 238 Å². The van der Waals surface area contributed by atoms with Crippen LogP contribution in [0.3, 0.4) is 0 Å². The minimum absolute atomic E-state index is 0.189. The molecule has 0 saturated carbocycles. The molecule has 4 heterocycles. The molecule has 3 aromatic heterocycles. The molecule has 12 nitrogen and oxygen atoms in total. The predicted octanol–water partition coefficient (Wildman–Crippen LogP) is 3.39. The van der Waals surface area contributed by atoms with Crippen LogP contribution in [0.1, 0.15) is 33.3 Å². The number of nitrogens with one attached hydrogen (secondary N) is 2. The number of nitrogens with zero attached hydrogens (tertiary/aromatic N) is 5. The summed E-state index contributed by atoms with van der Waals surface area (Å²) in [5.74, 6) is 0.971. The Hall–Kier alpha value is -4.63. The van der Waals surface area contributed by atoms with E-state index in [2.05, 4.69) is 33.4 Å². The van der Waals surface area contributed by atoms with Crippen molar-refractivity contribution in [1.82, 2.24) is 24.8 Å². The number of aromatic nitrogens is 3. The first-order valence-corrected chi connectivity index (χ1v) is 13.3. The molecule has 0 aromatic carbocycles. The van der Waals surface area contributed by atoms with Gasteiger partial charge >= 0.3 is 6.09 Å². The molecule has 216 valence electrons. The molecule has 1 aliphatic rings. The van der Waals surface area contributed by atoms with Crippen molar-refractivity contribution in [2.75, 3.05) is 44.7 Å². The second kappa shape index (κ2) is 12.7. The van der Waals surface area contributed by atoms with Crippen LogP contribution in [-0.2, 0) is 14.3 Å². The molecule has 0 aliphatic carbocycles. The molecule has 12 heteroatoms. The summed E-state index contributed by atoms with van der Waals surface area (Å²) in [7, 11) is 0. The standard InChI is InChI=1S/C29H35N7O5/c1-19(2)27(37)32-9-8-31-25-7-6-20(14-33-25)24-12-22(17-36-26(24)21(13-30)15-34-36)40-18-23-16-35(10-11-39-23)28(38)41-29(3,4)5/h6-7,12,14-15,17,23H,1,8-11,16,18H2,2-5H3,(H,31,33)(H,32,37)/t23-/m0/s1. The van der Waals surface area contributed by atoms with Gasteiger partial charge in [-0.15, -0.1) is 0 Å². The Morgan fingerprint density at radius 1 is 1.27 bits per heavy atom. The fourth-order valence-electron chi connectivity index (χ4n) is 4.15. The second-order valence-electron chi connectivity index (χ2n) is 10.7. The summed E-state index contributed by atoms with van der Waals surface area (Å²) in [5.41, 5.74) is 2.42. The van der Waals surface area contributed by atoms with Crippen molar-refractivity contribution in [3.8, 4) is 22.9 Å². The van der Waals surface area contributed by atoms with Crippen LogP contribution >= 0.6 is 0 Å². The van der Waals surface area contributed by atoms with Gasteiger partial charge in [-0.05, 0) is 45.9 Å². The predicted molar refractivity (Wildman–Crippen MR) is 152 cm³/mol. The Morgan fingerprint density at radius 2 is 2.07 bits per heavy atom. The highest BCUT2D eigenvalue weighted by molar-refractivity contribution is 5.92. The molecule has 0 unspecified atom stereocenters. The zero-order chi connectivity index (χ0) is 29.6. The Kier molecular flexibility index (Phi) is 9.09. The number of rotatable bonds is 9. The summed E-state index contributed by atoms with van der Waals surface area (Å²) in [5, 5.41) is 19.9. The van der Waals surface area contributed by atoms with E-state index < -0.39 is 5.60 Å². The fourth-order valence-corrected chi connectivity index (χ4v) is 4.15. The van der Waals surface area contributed by atoms with Crippen molar-refractivity contribution in [3.05, 3.63) is 54.5 Å². The van der Waals surface area contributed by atoms with E-state index in [0.717, 1.165) is 11.1 Å². The number of anilines is 1. The van der Waals surface area contributed by atoms with E-state index in [1.54, 1.807) is 28.7 Å². The lowest BCUT2D eigenvalue weighted by Crippen LogP contribution is -2.49. The van der Waals surface area contributed by atoms with Crippen molar-refractivity contribution in [3.63, 3.8) is 0 Å². The minimum Gasteiger partial charge on any atom is -0.489 e. The molecule has 1 saturated heterocycles. The molecule has 3 aromatic rings. The van der Waals surface area contributed by atoms with E-state index in [-0.39, 0.29) is 24.7 Å². The molecule has 2 N–H and O–H groups in total. The van der Waals surface area contributed by atoms with E-state index in [4.69, 9.17) is 14.2 Å². The molecule has 1 fully saturated rings. The Balaban J connectivity index is 1.45. The van der Waals surface area contributed by atoms with Crippen LogP contribution in [-0.4, -0.2) is 82.6 Å². The molecule has 0 spiro atoms. The van der Waals surface area contributed by atoms with E-state index in [0.29, 0.717) is 61.0 Å². The van der Waals surface area contributed by atoms with Crippen LogP contribution in [0.25, 0.3) is 16.6 Å². The largest absolute Gasteiger partial charge is 0.489 e. The molecule has 0 bridgehead atoms. The van der Waals surface area contributed by atoms with Crippen molar-refractivity contribution in [1.29, 1.82) is 5.26 Å². The molecule has 4 rings (SSSR count).